The van der Waals surface area contributed by atoms with Gasteiger partial charge in [0.05, 0.1) is 6.04 Å². The van der Waals surface area contributed by atoms with Crippen molar-refractivity contribution >= 4 is 11.4 Å². The summed E-state index contributed by atoms with van der Waals surface area (Å²) in [7, 11) is 0. The minimum absolute atomic E-state index is 0.174. The van der Waals surface area contributed by atoms with Gasteiger partial charge in [-0.3, -0.25) is 4.90 Å². The largest absolute Gasteiger partial charge is 0.598 e. The van der Waals surface area contributed by atoms with Crippen molar-refractivity contribution in [3.05, 3.63) is 0 Å². The molecule has 0 aromatic heterocycles. The number of likely N-dealkylation sites (tertiary alicyclic amines) is 1. The van der Waals surface area contributed by atoms with E-state index in [1.54, 1.807) is 0 Å². The maximum Gasteiger partial charge on any atom is 0.136 e. The second kappa shape index (κ2) is 6.44. The predicted molar refractivity (Wildman–Crippen MR) is 103 cm³/mol. The number of rotatable bonds is 2. The maximum absolute atomic E-state index is 12.8. The van der Waals surface area contributed by atoms with Crippen LogP contribution >= 0.6 is 0 Å². The van der Waals surface area contributed by atoms with Crippen molar-refractivity contribution in [3.63, 3.8) is 0 Å². The summed E-state index contributed by atoms with van der Waals surface area (Å²) in [5.41, 5.74) is 0.683. The molecule has 3 aliphatic rings. The lowest BCUT2D eigenvalue weighted by atomic mass is 9.43. The summed E-state index contributed by atoms with van der Waals surface area (Å²) in [6.07, 6.45) is 8.08. The zero-order valence-electron chi connectivity index (χ0n) is 16.7. The van der Waals surface area contributed by atoms with Crippen LogP contribution < -0.4 is 4.72 Å². The summed E-state index contributed by atoms with van der Waals surface area (Å²) in [5.74, 6) is 1.65. The maximum atomic E-state index is 12.8. The van der Waals surface area contributed by atoms with E-state index in [1.807, 2.05) is 0 Å². The zero-order chi connectivity index (χ0) is 17.8. The quantitative estimate of drug-likeness (QED) is 0.759. The molecule has 1 heterocycles. The van der Waals surface area contributed by atoms with E-state index >= 15 is 0 Å². The van der Waals surface area contributed by atoms with Gasteiger partial charge in [0.25, 0.3) is 0 Å². The molecule has 4 atom stereocenters. The Hall–Kier alpha value is 0.230. The van der Waals surface area contributed by atoms with Crippen molar-refractivity contribution in [2.45, 2.75) is 96.4 Å². The lowest BCUT2D eigenvalue weighted by molar-refractivity contribution is -0.143. The van der Waals surface area contributed by atoms with Crippen LogP contribution in [0, 0.1) is 17.3 Å². The van der Waals surface area contributed by atoms with Crippen LogP contribution in [0.3, 0.4) is 0 Å². The van der Waals surface area contributed by atoms with Crippen LogP contribution in [0.25, 0.3) is 0 Å². The Morgan fingerprint density at radius 1 is 1.00 bits per heavy atom. The highest BCUT2D eigenvalue weighted by Crippen LogP contribution is 2.62. The standard InChI is InChI=1S/C20H38N2OS/c1-18(2,3)22-13-11-20(12-14-22)16-10-8-7-9-15(16)17(20)21-24(23)19(4,5)6/h15-17,21H,7-14H2,1-6H3/t15-,16?,17?,24?/m1/s1. The van der Waals surface area contributed by atoms with Crippen LogP contribution in [0.5, 0.6) is 0 Å². The first-order valence-corrected chi connectivity index (χ1v) is 11.1. The number of hydrogen-bond acceptors (Lipinski definition) is 3. The highest BCUT2D eigenvalue weighted by molar-refractivity contribution is 7.90. The molecule has 0 amide bonds. The third-order valence-corrected chi connectivity index (χ3v) is 8.62. The van der Waals surface area contributed by atoms with E-state index in [0.29, 0.717) is 11.5 Å². The van der Waals surface area contributed by atoms with Gasteiger partial charge in [-0.25, -0.2) is 0 Å². The van der Waals surface area contributed by atoms with Gasteiger partial charge in [-0.05, 0) is 97.6 Å². The van der Waals surface area contributed by atoms with Crippen LogP contribution in [-0.4, -0.2) is 38.9 Å². The molecule has 1 spiro atoms. The third-order valence-electron chi connectivity index (χ3n) is 7.04. The van der Waals surface area contributed by atoms with E-state index < -0.39 is 11.4 Å². The van der Waals surface area contributed by atoms with Gasteiger partial charge < -0.3 is 4.55 Å². The second-order valence-electron chi connectivity index (χ2n) is 10.4. The van der Waals surface area contributed by atoms with Gasteiger partial charge in [-0.1, -0.05) is 12.8 Å². The molecule has 2 aliphatic carbocycles. The second-order valence-corrected chi connectivity index (χ2v) is 12.4. The number of hydrogen-bond donors (Lipinski definition) is 1. The average Bonchev–Trinajstić information content (AvgIpc) is 2.50. The molecule has 1 N–H and O–H groups in total. The van der Waals surface area contributed by atoms with Gasteiger partial charge in [0.1, 0.15) is 4.75 Å². The molecule has 3 fully saturated rings. The van der Waals surface area contributed by atoms with E-state index in [9.17, 15) is 4.55 Å². The molecule has 1 aliphatic heterocycles. The molecule has 0 aromatic carbocycles. The molecule has 0 aromatic rings. The zero-order valence-corrected chi connectivity index (χ0v) is 17.5. The van der Waals surface area contributed by atoms with Crippen molar-refractivity contribution in [2.24, 2.45) is 17.3 Å². The molecule has 4 heteroatoms. The first kappa shape index (κ1) is 19.0. The van der Waals surface area contributed by atoms with E-state index in [-0.39, 0.29) is 10.3 Å². The highest BCUT2D eigenvalue weighted by atomic mass is 32.2. The number of nitrogens with zero attached hydrogens (tertiary/aromatic N) is 1. The summed E-state index contributed by atoms with van der Waals surface area (Å²) >= 11 is -0.948. The lowest BCUT2D eigenvalue weighted by Gasteiger charge is -2.66. The van der Waals surface area contributed by atoms with Gasteiger partial charge in [0, 0.05) is 16.9 Å². The summed E-state index contributed by atoms with van der Waals surface area (Å²) in [4.78, 5) is 2.65. The summed E-state index contributed by atoms with van der Waals surface area (Å²) in [5, 5.41) is 0. The minimum atomic E-state index is -0.948. The van der Waals surface area contributed by atoms with Crippen LogP contribution in [0.4, 0.5) is 0 Å². The normalized spacial score (nSPS) is 35.4. The molecule has 3 unspecified atom stereocenters. The van der Waals surface area contributed by atoms with Crippen LogP contribution in [0.2, 0.25) is 0 Å². The molecule has 3 nitrogen and oxygen atoms in total. The molecule has 24 heavy (non-hydrogen) atoms. The summed E-state index contributed by atoms with van der Waals surface area (Å²) < 4.78 is 16.2. The number of piperidine rings is 1. The highest BCUT2D eigenvalue weighted by Gasteiger charge is 2.63. The number of fused-ring (bicyclic) bond motifs is 2. The molecule has 0 bridgehead atoms. The van der Waals surface area contributed by atoms with Crippen LogP contribution in [0.1, 0.15) is 80.1 Å². The van der Waals surface area contributed by atoms with Crippen LogP contribution in [0.15, 0.2) is 0 Å². The van der Waals surface area contributed by atoms with E-state index in [0.717, 1.165) is 11.8 Å². The lowest BCUT2D eigenvalue weighted by Crippen LogP contribution is -2.71. The Balaban J connectivity index is 1.74. The SMILES string of the molecule is CC(C)(C)N1CCC2(CC1)C1CCCC[C@H]1C2N[S+]([O-])C(C)(C)C. The Morgan fingerprint density at radius 2 is 1.58 bits per heavy atom. The van der Waals surface area contributed by atoms with Crippen LogP contribution in [-0.2, 0) is 11.4 Å². The Kier molecular flexibility index (Phi) is 5.10. The first-order chi connectivity index (χ1) is 11.1. The fourth-order valence-corrected chi connectivity index (χ4v) is 6.58. The molecule has 140 valence electrons. The Bertz CT molecular complexity index is 446. The van der Waals surface area contributed by atoms with Gasteiger partial charge >= 0.3 is 0 Å². The van der Waals surface area contributed by atoms with E-state index in [1.165, 1.54) is 51.6 Å². The molecule has 0 radical (unpaired) electrons. The molecular formula is C20H38N2OS. The molecule has 2 saturated carbocycles. The van der Waals surface area contributed by atoms with E-state index in [2.05, 4.69) is 51.2 Å². The molecule has 1 saturated heterocycles. The van der Waals surface area contributed by atoms with Crippen molar-refractivity contribution in [3.8, 4) is 0 Å². The van der Waals surface area contributed by atoms with E-state index in [4.69, 9.17) is 0 Å². The van der Waals surface area contributed by atoms with Gasteiger partial charge in [-0.2, -0.15) is 0 Å². The smallest absolute Gasteiger partial charge is 0.136 e. The van der Waals surface area contributed by atoms with Crippen molar-refractivity contribution < 1.29 is 4.55 Å². The predicted octanol–water partition coefficient (Wildman–Crippen LogP) is 4.11. The Morgan fingerprint density at radius 3 is 2.12 bits per heavy atom. The minimum Gasteiger partial charge on any atom is -0.598 e. The van der Waals surface area contributed by atoms with Gasteiger partial charge in [-0.15, -0.1) is 4.72 Å². The van der Waals surface area contributed by atoms with Gasteiger partial charge in [0.2, 0.25) is 0 Å². The fraction of sp³-hybridized carbons (Fsp3) is 1.00. The summed E-state index contributed by atoms with van der Waals surface area (Å²) in [6, 6.07) is 0.477. The monoisotopic (exact) mass is 354 g/mol. The summed E-state index contributed by atoms with van der Waals surface area (Å²) in [6.45, 7) is 15.7. The van der Waals surface area contributed by atoms with Crippen molar-refractivity contribution in [2.75, 3.05) is 13.1 Å². The van der Waals surface area contributed by atoms with Crippen molar-refractivity contribution in [1.29, 1.82) is 0 Å². The topological polar surface area (TPSA) is 38.3 Å². The Labute approximate surface area is 152 Å². The fourth-order valence-electron chi connectivity index (χ4n) is 5.58. The van der Waals surface area contributed by atoms with Crippen molar-refractivity contribution in [1.82, 2.24) is 9.62 Å². The van der Waals surface area contributed by atoms with Gasteiger partial charge in [0.15, 0.2) is 0 Å². The third kappa shape index (κ3) is 3.28. The molecular weight excluding hydrogens is 316 g/mol. The average molecular weight is 355 g/mol. The number of nitrogens with one attached hydrogen (secondary N) is 1. The first-order valence-electron chi connectivity index (χ1n) is 9.99. The molecule has 3 rings (SSSR count).